The predicted octanol–water partition coefficient (Wildman–Crippen LogP) is 11.8. The highest BCUT2D eigenvalue weighted by molar-refractivity contribution is 5.69. The molecule has 0 heterocycles. The minimum Gasteiger partial charge on any atom is -0.463 e. The van der Waals surface area contributed by atoms with Gasteiger partial charge in [0.05, 0.1) is 6.10 Å². The Hall–Kier alpha value is -2.18. The molecule has 0 aliphatic rings. The highest BCUT2D eigenvalue weighted by atomic mass is 16.6. The summed E-state index contributed by atoms with van der Waals surface area (Å²) in [7, 11) is 0. The van der Waals surface area contributed by atoms with Gasteiger partial charge >= 0.3 is 11.9 Å². The molecule has 6 nitrogen and oxygen atoms in total. The molecule has 50 heavy (non-hydrogen) atoms. The first-order valence-corrected chi connectivity index (χ1v) is 20.7. The number of hydrogen-bond acceptors (Lipinski definition) is 6. The summed E-state index contributed by atoms with van der Waals surface area (Å²) in [5.41, 5.74) is 0. The molecule has 0 aliphatic carbocycles. The van der Waals surface area contributed by atoms with E-state index in [0.717, 1.165) is 44.4 Å². The molecule has 6 heteroatoms. The number of unbranched alkanes of at least 4 members (excludes halogenated alkanes) is 16. The van der Waals surface area contributed by atoms with Crippen LogP contribution in [-0.4, -0.2) is 47.6 Å². The van der Waals surface area contributed by atoms with E-state index < -0.39 is 18.2 Å². The van der Waals surface area contributed by atoms with Crippen LogP contribution in [0.5, 0.6) is 0 Å². The van der Waals surface area contributed by atoms with Crippen molar-refractivity contribution in [3.63, 3.8) is 0 Å². The van der Waals surface area contributed by atoms with Gasteiger partial charge in [-0.05, 0) is 50.9 Å². The molecule has 0 aromatic carbocycles. The van der Waals surface area contributed by atoms with Gasteiger partial charge < -0.3 is 19.7 Å². The topological polar surface area (TPSA) is 93.1 Å². The average Bonchev–Trinajstić information content (AvgIpc) is 3.11. The zero-order chi connectivity index (χ0) is 36.8. The van der Waals surface area contributed by atoms with Gasteiger partial charge in [0.25, 0.3) is 0 Å². The van der Waals surface area contributed by atoms with Gasteiger partial charge in [-0.15, -0.1) is 0 Å². The Morgan fingerprint density at radius 3 is 1.62 bits per heavy atom. The lowest BCUT2D eigenvalue weighted by Gasteiger charge is -2.12. The molecule has 0 amide bonds. The van der Waals surface area contributed by atoms with Crippen LogP contribution in [0, 0.1) is 5.92 Å². The maximum absolute atomic E-state index is 12.0. The van der Waals surface area contributed by atoms with Gasteiger partial charge in [-0.2, -0.15) is 0 Å². The van der Waals surface area contributed by atoms with Gasteiger partial charge in [-0.3, -0.25) is 9.59 Å². The van der Waals surface area contributed by atoms with Crippen LogP contribution in [0.15, 0.2) is 48.6 Å². The number of ether oxygens (including phenoxy) is 2. The van der Waals surface area contributed by atoms with Crippen LogP contribution in [-0.2, 0) is 19.1 Å². The number of esters is 2. The van der Waals surface area contributed by atoms with E-state index in [2.05, 4.69) is 45.1 Å². The lowest BCUT2D eigenvalue weighted by atomic mass is 9.99. The molecule has 0 bridgehead atoms. The quantitative estimate of drug-likeness (QED) is 0.0292. The largest absolute Gasteiger partial charge is 0.463 e. The molecular weight excluding hydrogens is 624 g/mol. The summed E-state index contributed by atoms with van der Waals surface area (Å²) in [6, 6.07) is 0. The number of aliphatic hydroxyl groups excluding tert-OH is 2. The second kappa shape index (κ2) is 38.1. The van der Waals surface area contributed by atoms with Crippen LogP contribution in [0.25, 0.3) is 0 Å². The smallest absolute Gasteiger partial charge is 0.305 e. The van der Waals surface area contributed by atoms with Crippen molar-refractivity contribution in [2.24, 2.45) is 5.92 Å². The molecule has 0 saturated carbocycles. The van der Waals surface area contributed by atoms with Gasteiger partial charge in [0.15, 0.2) is 0 Å². The monoisotopic (exact) mass is 703 g/mol. The SMILES string of the molecule is CCCCC/C=C\C/C=C\C/C=C\C=C\[C@@H](O)CCCC(=O)OC[C@@H](O)COC(=O)CCCCCCCCCCCCCCCCC(C)CC. The Kier molecular flexibility index (Phi) is 36.4. The van der Waals surface area contributed by atoms with Crippen LogP contribution in [0.1, 0.15) is 188 Å². The normalized spacial score (nSPS) is 13.9. The Morgan fingerprint density at radius 2 is 1.06 bits per heavy atom. The number of carbonyl (C=O) groups is 2. The standard InChI is InChI=1S/C44H78O6/c1-4-6-7-8-9-10-11-14-18-21-24-27-30-34-41(45)35-32-37-44(48)50-39-42(46)38-49-43(47)36-31-28-25-22-19-16-13-12-15-17-20-23-26-29-33-40(3)5-2/h9-10,14,18,24,27,30,34,40-42,45-46H,4-8,11-13,15-17,19-23,25-26,28-29,31-33,35-39H2,1-3H3/b10-9-,18-14-,27-24-,34-30+/t40?,41-,42+/m1/s1. The minimum atomic E-state index is -1.04. The van der Waals surface area contributed by atoms with Crippen LogP contribution in [0.2, 0.25) is 0 Å². The molecule has 0 rings (SSSR count). The van der Waals surface area contributed by atoms with Crippen molar-refractivity contribution < 1.29 is 29.3 Å². The van der Waals surface area contributed by atoms with Crippen molar-refractivity contribution in [1.29, 1.82) is 0 Å². The molecule has 0 spiro atoms. The van der Waals surface area contributed by atoms with Crippen molar-refractivity contribution in [1.82, 2.24) is 0 Å². The maximum Gasteiger partial charge on any atom is 0.305 e. The number of hydrogen-bond donors (Lipinski definition) is 2. The third kappa shape index (κ3) is 37.1. The van der Waals surface area contributed by atoms with E-state index in [4.69, 9.17) is 9.47 Å². The molecule has 290 valence electrons. The first-order chi connectivity index (χ1) is 24.4. The van der Waals surface area contributed by atoms with Crippen molar-refractivity contribution in [2.45, 2.75) is 200 Å². The summed E-state index contributed by atoms with van der Waals surface area (Å²) >= 11 is 0. The summed E-state index contributed by atoms with van der Waals surface area (Å²) in [4.78, 5) is 24.0. The van der Waals surface area contributed by atoms with Gasteiger partial charge in [0, 0.05) is 12.8 Å². The molecule has 0 aromatic rings. The Morgan fingerprint density at radius 1 is 0.560 bits per heavy atom. The van der Waals surface area contributed by atoms with Gasteiger partial charge in [0.2, 0.25) is 0 Å². The van der Waals surface area contributed by atoms with Gasteiger partial charge in [-0.25, -0.2) is 0 Å². The Labute approximate surface area is 308 Å². The second-order valence-corrected chi connectivity index (χ2v) is 14.2. The maximum atomic E-state index is 12.0. The van der Waals surface area contributed by atoms with Crippen molar-refractivity contribution in [3.05, 3.63) is 48.6 Å². The summed E-state index contributed by atoms with van der Waals surface area (Å²) in [6.45, 7) is 6.49. The lowest BCUT2D eigenvalue weighted by molar-refractivity contribution is -0.152. The van der Waals surface area contributed by atoms with E-state index in [9.17, 15) is 19.8 Å². The number of rotatable bonds is 36. The molecule has 0 aliphatic heterocycles. The molecular formula is C44H78O6. The second-order valence-electron chi connectivity index (χ2n) is 14.2. The van der Waals surface area contributed by atoms with E-state index in [1.807, 2.05) is 18.2 Å². The fraction of sp³-hybridized carbons (Fsp3) is 0.773. The highest BCUT2D eigenvalue weighted by Crippen LogP contribution is 2.16. The predicted molar refractivity (Wildman–Crippen MR) is 211 cm³/mol. The summed E-state index contributed by atoms with van der Waals surface area (Å²) in [5, 5.41) is 20.1. The van der Waals surface area contributed by atoms with Gasteiger partial charge in [0.1, 0.15) is 19.3 Å². The third-order valence-corrected chi connectivity index (χ3v) is 9.21. The first-order valence-electron chi connectivity index (χ1n) is 20.7. The van der Waals surface area contributed by atoms with Crippen molar-refractivity contribution in [2.75, 3.05) is 13.2 Å². The van der Waals surface area contributed by atoms with E-state index in [0.29, 0.717) is 19.3 Å². The zero-order valence-corrected chi connectivity index (χ0v) is 32.7. The van der Waals surface area contributed by atoms with E-state index in [1.54, 1.807) is 6.08 Å². The fourth-order valence-electron chi connectivity index (χ4n) is 5.64. The van der Waals surface area contributed by atoms with Gasteiger partial charge in [-0.1, -0.05) is 179 Å². The number of aliphatic hydroxyl groups is 2. The van der Waals surface area contributed by atoms with E-state index in [1.165, 1.54) is 103 Å². The zero-order valence-electron chi connectivity index (χ0n) is 32.7. The third-order valence-electron chi connectivity index (χ3n) is 9.21. The summed E-state index contributed by atoms with van der Waals surface area (Å²) < 4.78 is 10.2. The van der Waals surface area contributed by atoms with Crippen LogP contribution in [0.3, 0.4) is 0 Å². The fourth-order valence-corrected chi connectivity index (χ4v) is 5.64. The molecule has 0 saturated heterocycles. The van der Waals surface area contributed by atoms with Crippen molar-refractivity contribution >= 4 is 11.9 Å². The molecule has 0 radical (unpaired) electrons. The van der Waals surface area contributed by atoms with E-state index >= 15 is 0 Å². The van der Waals surface area contributed by atoms with Crippen LogP contribution < -0.4 is 0 Å². The molecule has 2 N–H and O–H groups in total. The average molecular weight is 703 g/mol. The first kappa shape index (κ1) is 47.8. The lowest BCUT2D eigenvalue weighted by Crippen LogP contribution is -2.25. The number of carbonyl (C=O) groups excluding carboxylic acids is 2. The van der Waals surface area contributed by atoms with Crippen LogP contribution in [0.4, 0.5) is 0 Å². The Balaban J connectivity index is 3.60. The van der Waals surface area contributed by atoms with E-state index in [-0.39, 0.29) is 25.6 Å². The minimum absolute atomic E-state index is 0.157. The number of allylic oxidation sites excluding steroid dienone is 7. The van der Waals surface area contributed by atoms with Crippen molar-refractivity contribution in [3.8, 4) is 0 Å². The Bertz CT molecular complexity index is 876. The highest BCUT2D eigenvalue weighted by Gasteiger charge is 2.12. The molecule has 1 unspecified atom stereocenters. The molecule has 0 fully saturated rings. The molecule has 0 aromatic heterocycles. The summed E-state index contributed by atoms with van der Waals surface area (Å²) in [5.74, 6) is 0.137. The van der Waals surface area contributed by atoms with Crippen LogP contribution >= 0.6 is 0 Å². The summed E-state index contributed by atoms with van der Waals surface area (Å²) in [6.07, 6.45) is 43.4. The molecule has 3 atom stereocenters.